The van der Waals surface area contributed by atoms with E-state index >= 15 is 0 Å². The highest BCUT2D eigenvalue weighted by molar-refractivity contribution is 7.15. The minimum atomic E-state index is -4.51. The van der Waals surface area contributed by atoms with Gasteiger partial charge in [0.05, 0.1) is 0 Å². The number of hydrogen-bond acceptors (Lipinski definition) is 5. The van der Waals surface area contributed by atoms with Crippen molar-refractivity contribution in [2.24, 2.45) is 0 Å². The zero-order valence-electron chi connectivity index (χ0n) is 12.8. The van der Waals surface area contributed by atoms with Crippen molar-refractivity contribution in [2.75, 3.05) is 36.4 Å². The highest BCUT2D eigenvalue weighted by atomic mass is 32.1. The summed E-state index contributed by atoms with van der Waals surface area (Å²) in [5.41, 5.74) is 0.466. The number of benzene rings is 1. The van der Waals surface area contributed by atoms with Gasteiger partial charge in [0, 0.05) is 31.9 Å². The normalized spacial score (nSPS) is 15.4. The SMILES string of the molecule is O=C(Nc1ccc(F)cc1)N1CCN(c2nnc(C(F)(F)F)s2)CC1. The van der Waals surface area contributed by atoms with Crippen LogP contribution in [0.15, 0.2) is 24.3 Å². The average molecular weight is 375 g/mol. The number of piperazine rings is 1. The predicted molar refractivity (Wildman–Crippen MR) is 84.1 cm³/mol. The van der Waals surface area contributed by atoms with E-state index in [1.165, 1.54) is 29.2 Å². The number of alkyl halides is 3. The molecule has 0 bridgehead atoms. The van der Waals surface area contributed by atoms with E-state index in [-0.39, 0.29) is 11.2 Å². The number of amides is 2. The van der Waals surface area contributed by atoms with Crippen LogP contribution in [-0.2, 0) is 6.18 Å². The molecule has 0 saturated carbocycles. The number of nitrogens with one attached hydrogen (secondary N) is 1. The van der Waals surface area contributed by atoms with E-state index in [0.717, 1.165) is 0 Å². The van der Waals surface area contributed by atoms with Crippen molar-refractivity contribution in [2.45, 2.75) is 6.18 Å². The number of anilines is 2. The molecule has 1 fully saturated rings. The van der Waals surface area contributed by atoms with Gasteiger partial charge in [0.15, 0.2) is 0 Å². The molecule has 1 aliphatic heterocycles. The molecule has 2 amide bonds. The van der Waals surface area contributed by atoms with Crippen molar-refractivity contribution in [3.05, 3.63) is 35.1 Å². The van der Waals surface area contributed by atoms with Gasteiger partial charge in [0.1, 0.15) is 5.82 Å². The molecule has 0 spiro atoms. The minimum Gasteiger partial charge on any atom is -0.343 e. The first-order valence-electron chi connectivity index (χ1n) is 7.30. The molecule has 25 heavy (non-hydrogen) atoms. The lowest BCUT2D eigenvalue weighted by atomic mass is 10.3. The topological polar surface area (TPSA) is 61.4 Å². The van der Waals surface area contributed by atoms with Crippen molar-refractivity contribution in [3.8, 4) is 0 Å². The van der Waals surface area contributed by atoms with Crippen molar-refractivity contribution in [1.29, 1.82) is 0 Å². The lowest BCUT2D eigenvalue weighted by molar-refractivity contribution is -0.138. The second kappa shape index (κ2) is 6.82. The Morgan fingerprint density at radius 3 is 2.28 bits per heavy atom. The fourth-order valence-electron chi connectivity index (χ4n) is 2.29. The van der Waals surface area contributed by atoms with E-state index < -0.39 is 17.0 Å². The van der Waals surface area contributed by atoms with Gasteiger partial charge in [-0.25, -0.2) is 9.18 Å². The molecule has 0 aliphatic carbocycles. The molecule has 1 aromatic heterocycles. The Labute approximate surface area is 144 Å². The lowest BCUT2D eigenvalue weighted by Crippen LogP contribution is -2.50. The number of nitrogens with zero attached hydrogens (tertiary/aromatic N) is 4. The van der Waals surface area contributed by atoms with Crippen molar-refractivity contribution in [3.63, 3.8) is 0 Å². The molecule has 2 aromatic rings. The van der Waals surface area contributed by atoms with Gasteiger partial charge < -0.3 is 15.1 Å². The van der Waals surface area contributed by atoms with Crippen LogP contribution in [-0.4, -0.2) is 47.3 Å². The number of carbonyl (C=O) groups is 1. The first-order valence-corrected chi connectivity index (χ1v) is 8.12. The molecule has 1 N–H and O–H groups in total. The fourth-order valence-corrected chi connectivity index (χ4v) is 3.06. The summed E-state index contributed by atoms with van der Waals surface area (Å²) >= 11 is 0.484. The van der Waals surface area contributed by atoms with E-state index in [1.54, 1.807) is 4.90 Å². The quantitative estimate of drug-likeness (QED) is 0.820. The zero-order valence-corrected chi connectivity index (χ0v) is 13.6. The summed E-state index contributed by atoms with van der Waals surface area (Å²) < 4.78 is 50.6. The number of urea groups is 1. The van der Waals surface area contributed by atoms with Crippen LogP contribution in [0.1, 0.15) is 5.01 Å². The van der Waals surface area contributed by atoms with Crippen LogP contribution in [0, 0.1) is 5.82 Å². The molecule has 11 heteroatoms. The molecule has 134 valence electrons. The summed E-state index contributed by atoms with van der Waals surface area (Å²) in [6, 6.07) is 5.02. The third-order valence-corrected chi connectivity index (χ3v) is 4.62. The fraction of sp³-hybridized carbons (Fsp3) is 0.357. The van der Waals surface area contributed by atoms with Gasteiger partial charge in [-0.15, -0.1) is 10.2 Å². The number of aromatic nitrogens is 2. The van der Waals surface area contributed by atoms with Gasteiger partial charge in [0.25, 0.3) is 0 Å². The van der Waals surface area contributed by atoms with Gasteiger partial charge >= 0.3 is 12.2 Å². The van der Waals surface area contributed by atoms with E-state index in [9.17, 15) is 22.4 Å². The van der Waals surface area contributed by atoms with Crippen LogP contribution < -0.4 is 10.2 Å². The molecule has 0 atom stereocenters. The highest BCUT2D eigenvalue weighted by Crippen LogP contribution is 2.34. The minimum absolute atomic E-state index is 0.186. The monoisotopic (exact) mass is 375 g/mol. The summed E-state index contributed by atoms with van der Waals surface area (Å²) in [5, 5.41) is 8.57. The van der Waals surface area contributed by atoms with Crippen LogP contribution in [0.3, 0.4) is 0 Å². The zero-order chi connectivity index (χ0) is 18.0. The molecule has 1 aromatic carbocycles. The highest BCUT2D eigenvalue weighted by Gasteiger charge is 2.36. The van der Waals surface area contributed by atoms with Crippen LogP contribution in [0.25, 0.3) is 0 Å². The van der Waals surface area contributed by atoms with Crippen molar-refractivity contribution in [1.82, 2.24) is 15.1 Å². The van der Waals surface area contributed by atoms with Crippen LogP contribution in [0.2, 0.25) is 0 Å². The summed E-state index contributed by atoms with van der Waals surface area (Å²) in [6.07, 6.45) is -4.51. The Morgan fingerprint density at radius 1 is 1.08 bits per heavy atom. The smallest absolute Gasteiger partial charge is 0.343 e. The molecule has 0 radical (unpaired) electrons. The maximum Gasteiger partial charge on any atom is 0.445 e. The second-order valence-corrected chi connectivity index (χ2v) is 6.25. The summed E-state index contributed by atoms with van der Waals surface area (Å²) in [4.78, 5) is 15.4. The Morgan fingerprint density at radius 2 is 1.72 bits per heavy atom. The van der Waals surface area contributed by atoms with E-state index in [1.807, 2.05) is 0 Å². The van der Waals surface area contributed by atoms with Crippen LogP contribution >= 0.6 is 11.3 Å². The molecule has 0 unspecified atom stereocenters. The first kappa shape index (κ1) is 17.4. The summed E-state index contributed by atoms with van der Waals surface area (Å²) in [6.45, 7) is 1.36. The van der Waals surface area contributed by atoms with Crippen LogP contribution in [0.4, 0.5) is 33.2 Å². The van der Waals surface area contributed by atoms with Crippen LogP contribution in [0.5, 0.6) is 0 Å². The molecular formula is C14H13F4N5OS. The number of carbonyl (C=O) groups excluding carboxylic acids is 1. The molecule has 2 heterocycles. The maximum atomic E-state index is 12.8. The summed E-state index contributed by atoms with van der Waals surface area (Å²) in [7, 11) is 0. The summed E-state index contributed by atoms with van der Waals surface area (Å²) in [5.74, 6) is -0.401. The molecular weight excluding hydrogens is 362 g/mol. The van der Waals surface area contributed by atoms with E-state index in [4.69, 9.17) is 0 Å². The Kier molecular flexibility index (Phi) is 4.75. The Hall–Kier alpha value is -2.43. The number of rotatable bonds is 2. The van der Waals surface area contributed by atoms with Crippen molar-refractivity contribution >= 4 is 28.2 Å². The van der Waals surface area contributed by atoms with Gasteiger partial charge in [0.2, 0.25) is 10.1 Å². The number of halogens is 4. The molecule has 3 rings (SSSR count). The van der Waals surface area contributed by atoms with E-state index in [0.29, 0.717) is 43.2 Å². The van der Waals surface area contributed by atoms with E-state index in [2.05, 4.69) is 15.5 Å². The van der Waals surface area contributed by atoms with Gasteiger partial charge in [-0.2, -0.15) is 13.2 Å². The standard InChI is InChI=1S/C14H13F4N5OS/c15-9-1-3-10(4-2-9)19-12(24)22-5-7-23(8-6-22)13-21-20-11(25-13)14(16,17)18/h1-4H,5-8H2,(H,19,24). The van der Waals surface area contributed by atoms with Gasteiger partial charge in [-0.1, -0.05) is 11.3 Å². The molecule has 6 nitrogen and oxygen atoms in total. The van der Waals surface area contributed by atoms with Gasteiger partial charge in [-0.05, 0) is 24.3 Å². The maximum absolute atomic E-state index is 12.8. The molecule has 1 aliphatic rings. The Balaban J connectivity index is 1.55. The molecule has 1 saturated heterocycles. The first-order chi connectivity index (χ1) is 11.8. The number of hydrogen-bond donors (Lipinski definition) is 1. The lowest BCUT2D eigenvalue weighted by Gasteiger charge is -2.34. The Bertz CT molecular complexity index is 740. The third kappa shape index (κ3) is 4.16. The van der Waals surface area contributed by atoms with Crippen molar-refractivity contribution < 1.29 is 22.4 Å². The van der Waals surface area contributed by atoms with Gasteiger partial charge in [-0.3, -0.25) is 0 Å². The average Bonchev–Trinajstić information content (AvgIpc) is 3.07. The third-order valence-electron chi connectivity index (χ3n) is 3.59. The predicted octanol–water partition coefficient (Wildman–Crippen LogP) is 3.05. The largest absolute Gasteiger partial charge is 0.445 e. The second-order valence-electron chi connectivity index (χ2n) is 5.30.